The zero-order chi connectivity index (χ0) is 13.8. The van der Waals surface area contributed by atoms with Crippen molar-refractivity contribution in [2.45, 2.75) is 38.8 Å². The molecule has 104 valence electrons. The Hall–Kier alpha value is -1.55. The molecule has 0 bridgehead atoms. The third-order valence-corrected chi connectivity index (χ3v) is 3.48. The van der Waals surface area contributed by atoms with Crippen molar-refractivity contribution in [3.8, 4) is 5.75 Å². The summed E-state index contributed by atoms with van der Waals surface area (Å²) < 4.78 is 5.81. The number of nitrogens with zero attached hydrogens (tertiary/aromatic N) is 1. The van der Waals surface area contributed by atoms with Crippen LogP contribution in [0.3, 0.4) is 0 Å². The van der Waals surface area contributed by atoms with Crippen LogP contribution in [-0.2, 0) is 4.79 Å². The fraction of sp³-hybridized carbons (Fsp3) is 0.533. The van der Waals surface area contributed by atoms with Crippen molar-refractivity contribution in [2.24, 2.45) is 5.73 Å². The quantitative estimate of drug-likeness (QED) is 0.904. The number of likely N-dealkylation sites (tertiary alicyclic amines) is 1. The van der Waals surface area contributed by atoms with Crippen molar-refractivity contribution in [1.29, 1.82) is 0 Å². The molecule has 1 amide bonds. The lowest BCUT2D eigenvalue weighted by Crippen LogP contribution is -2.38. The molecule has 1 aliphatic heterocycles. The second-order valence-corrected chi connectivity index (χ2v) is 5.12. The van der Waals surface area contributed by atoms with Crippen molar-refractivity contribution >= 4 is 5.91 Å². The lowest BCUT2D eigenvalue weighted by Gasteiger charge is -2.23. The Balaban J connectivity index is 2.06. The predicted octanol–water partition coefficient (Wildman–Crippen LogP) is 2.10. The van der Waals surface area contributed by atoms with Crippen molar-refractivity contribution in [2.75, 3.05) is 13.1 Å². The standard InChI is InChI=1S/C15H22N2O2/c1-11(16)13-7-3-4-8-14(13)19-12(2)15(18)17-9-5-6-10-17/h3-4,7-8,11-12H,5-6,9-10,16H2,1-2H3/t11-,12?/m0/s1. The van der Waals surface area contributed by atoms with Gasteiger partial charge in [-0.2, -0.15) is 0 Å². The molecule has 19 heavy (non-hydrogen) atoms. The summed E-state index contributed by atoms with van der Waals surface area (Å²) in [6.07, 6.45) is 1.72. The van der Waals surface area contributed by atoms with E-state index in [0.29, 0.717) is 5.75 Å². The first-order chi connectivity index (χ1) is 9.09. The zero-order valence-electron chi connectivity index (χ0n) is 11.6. The Labute approximate surface area is 114 Å². The summed E-state index contributed by atoms with van der Waals surface area (Å²) in [7, 11) is 0. The van der Waals surface area contributed by atoms with Crippen LogP contribution in [0.4, 0.5) is 0 Å². The number of ether oxygens (including phenoxy) is 1. The smallest absolute Gasteiger partial charge is 0.263 e. The van der Waals surface area contributed by atoms with Crippen LogP contribution < -0.4 is 10.5 Å². The molecule has 1 aromatic carbocycles. The maximum absolute atomic E-state index is 12.2. The van der Waals surface area contributed by atoms with E-state index < -0.39 is 6.10 Å². The number of hydrogen-bond donors (Lipinski definition) is 1. The Bertz CT molecular complexity index is 440. The number of amides is 1. The lowest BCUT2D eigenvalue weighted by atomic mass is 10.1. The highest BCUT2D eigenvalue weighted by atomic mass is 16.5. The van der Waals surface area contributed by atoms with Gasteiger partial charge in [-0.15, -0.1) is 0 Å². The van der Waals surface area contributed by atoms with Gasteiger partial charge in [0.05, 0.1) is 0 Å². The molecule has 1 aromatic rings. The maximum Gasteiger partial charge on any atom is 0.263 e. The van der Waals surface area contributed by atoms with Gasteiger partial charge in [0.25, 0.3) is 5.91 Å². The van der Waals surface area contributed by atoms with Crippen LogP contribution in [0, 0.1) is 0 Å². The SMILES string of the molecule is CC(Oc1ccccc1[C@H](C)N)C(=O)N1CCCC1. The minimum atomic E-state index is -0.460. The van der Waals surface area contributed by atoms with Gasteiger partial charge in [-0.25, -0.2) is 0 Å². The van der Waals surface area contributed by atoms with E-state index in [1.165, 1.54) is 0 Å². The fourth-order valence-electron chi connectivity index (χ4n) is 2.40. The molecule has 4 nitrogen and oxygen atoms in total. The molecule has 2 rings (SSSR count). The normalized spacial score (nSPS) is 18.2. The van der Waals surface area contributed by atoms with Crippen molar-refractivity contribution in [3.05, 3.63) is 29.8 Å². The summed E-state index contributed by atoms with van der Waals surface area (Å²) in [6.45, 7) is 5.41. The molecule has 1 unspecified atom stereocenters. The maximum atomic E-state index is 12.2. The average molecular weight is 262 g/mol. The van der Waals surface area contributed by atoms with Gasteiger partial charge in [-0.3, -0.25) is 4.79 Å². The van der Waals surface area contributed by atoms with Crippen LogP contribution in [0.1, 0.15) is 38.3 Å². The largest absolute Gasteiger partial charge is 0.481 e. The molecule has 0 saturated carbocycles. The van der Waals surface area contributed by atoms with Gasteiger partial charge in [0.1, 0.15) is 5.75 Å². The van der Waals surface area contributed by atoms with Crippen LogP contribution in [-0.4, -0.2) is 30.0 Å². The minimum absolute atomic E-state index is 0.0666. The Morgan fingerprint density at radius 2 is 1.89 bits per heavy atom. The predicted molar refractivity (Wildman–Crippen MR) is 74.9 cm³/mol. The third-order valence-electron chi connectivity index (χ3n) is 3.48. The van der Waals surface area contributed by atoms with Crippen LogP contribution >= 0.6 is 0 Å². The van der Waals surface area contributed by atoms with Gasteiger partial charge in [0, 0.05) is 24.7 Å². The number of carbonyl (C=O) groups excluding carboxylic acids is 1. The van der Waals surface area contributed by atoms with Gasteiger partial charge in [0.2, 0.25) is 0 Å². The van der Waals surface area contributed by atoms with E-state index in [-0.39, 0.29) is 11.9 Å². The van der Waals surface area contributed by atoms with E-state index in [1.807, 2.05) is 36.1 Å². The molecule has 0 spiro atoms. The molecule has 0 aromatic heterocycles. The molecule has 1 fully saturated rings. The number of hydrogen-bond acceptors (Lipinski definition) is 3. The van der Waals surface area contributed by atoms with Crippen molar-refractivity contribution in [3.63, 3.8) is 0 Å². The summed E-state index contributed by atoms with van der Waals surface area (Å²) in [5.74, 6) is 0.773. The highest BCUT2D eigenvalue weighted by Crippen LogP contribution is 2.24. The highest BCUT2D eigenvalue weighted by molar-refractivity contribution is 5.81. The average Bonchev–Trinajstić information content (AvgIpc) is 2.92. The van der Waals surface area contributed by atoms with Gasteiger partial charge in [-0.05, 0) is 32.8 Å². The van der Waals surface area contributed by atoms with E-state index >= 15 is 0 Å². The zero-order valence-corrected chi connectivity index (χ0v) is 11.6. The molecular formula is C15H22N2O2. The fourth-order valence-corrected chi connectivity index (χ4v) is 2.40. The monoisotopic (exact) mass is 262 g/mol. The summed E-state index contributed by atoms with van der Waals surface area (Å²) >= 11 is 0. The van der Waals surface area contributed by atoms with Gasteiger partial charge in [-0.1, -0.05) is 18.2 Å². The van der Waals surface area contributed by atoms with Gasteiger partial charge >= 0.3 is 0 Å². The summed E-state index contributed by atoms with van der Waals surface area (Å²) in [6, 6.07) is 7.53. The molecule has 2 N–H and O–H groups in total. The molecule has 1 aliphatic rings. The van der Waals surface area contributed by atoms with Gasteiger partial charge in [0.15, 0.2) is 6.10 Å². The molecule has 0 aliphatic carbocycles. The van der Waals surface area contributed by atoms with Crippen molar-refractivity contribution < 1.29 is 9.53 Å². The van der Waals surface area contributed by atoms with E-state index in [9.17, 15) is 4.79 Å². The van der Waals surface area contributed by atoms with Crippen LogP contribution in [0.15, 0.2) is 24.3 Å². The first kappa shape index (κ1) is 13.9. The number of rotatable bonds is 4. The van der Waals surface area contributed by atoms with Gasteiger partial charge < -0.3 is 15.4 Å². The molecule has 1 heterocycles. The molecular weight excluding hydrogens is 240 g/mol. The second kappa shape index (κ2) is 6.06. The number of benzene rings is 1. The minimum Gasteiger partial charge on any atom is -0.481 e. The van der Waals surface area contributed by atoms with E-state index in [4.69, 9.17) is 10.5 Å². The van der Waals surface area contributed by atoms with E-state index in [0.717, 1.165) is 31.5 Å². The van der Waals surface area contributed by atoms with E-state index in [2.05, 4.69) is 0 Å². The highest BCUT2D eigenvalue weighted by Gasteiger charge is 2.25. The molecule has 4 heteroatoms. The second-order valence-electron chi connectivity index (χ2n) is 5.12. The first-order valence-corrected chi connectivity index (χ1v) is 6.89. The van der Waals surface area contributed by atoms with Crippen LogP contribution in [0.5, 0.6) is 5.75 Å². The van der Waals surface area contributed by atoms with Crippen LogP contribution in [0.25, 0.3) is 0 Å². The Morgan fingerprint density at radius 1 is 1.26 bits per heavy atom. The lowest BCUT2D eigenvalue weighted by molar-refractivity contribution is -0.136. The number of para-hydroxylation sites is 1. The summed E-state index contributed by atoms with van der Waals surface area (Å²) in [4.78, 5) is 14.1. The Kier molecular flexibility index (Phi) is 4.43. The molecule has 0 radical (unpaired) electrons. The van der Waals surface area contributed by atoms with Crippen LogP contribution in [0.2, 0.25) is 0 Å². The molecule has 1 saturated heterocycles. The van der Waals surface area contributed by atoms with Crippen molar-refractivity contribution in [1.82, 2.24) is 4.90 Å². The summed E-state index contributed by atoms with van der Waals surface area (Å²) in [5.41, 5.74) is 6.85. The number of nitrogens with two attached hydrogens (primary N) is 1. The van der Waals surface area contributed by atoms with E-state index in [1.54, 1.807) is 6.92 Å². The summed E-state index contributed by atoms with van der Waals surface area (Å²) in [5, 5.41) is 0. The number of carbonyl (C=O) groups is 1. The Morgan fingerprint density at radius 3 is 2.53 bits per heavy atom. The topological polar surface area (TPSA) is 55.6 Å². The first-order valence-electron chi connectivity index (χ1n) is 6.89. The molecule has 2 atom stereocenters. The third kappa shape index (κ3) is 3.26.